The molecule has 2 unspecified atom stereocenters. The summed E-state index contributed by atoms with van der Waals surface area (Å²) in [6.45, 7) is 4.14. The summed E-state index contributed by atoms with van der Waals surface area (Å²) in [6, 6.07) is 0.0218. The highest BCUT2D eigenvalue weighted by Gasteiger charge is 2.26. The third-order valence-corrected chi connectivity index (χ3v) is 2.27. The molecular formula is C10H20F3NO. The standard InChI is InChI=1S/C10H20F3NO/c1-3-9(15)7-14-8(2)5-4-6-10(11,12)13/h8-9,14-15H,3-7H2,1-2H3. The average molecular weight is 227 g/mol. The van der Waals surface area contributed by atoms with Crippen LogP contribution in [0.1, 0.15) is 39.5 Å². The maximum absolute atomic E-state index is 11.8. The predicted octanol–water partition coefficient (Wildman–Crippen LogP) is 2.47. The molecule has 5 heteroatoms. The van der Waals surface area contributed by atoms with Crippen molar-refractivity contribution in [3.8, 4) is 0 Å². The lowest BCUT2D eigenvalue weighted by molar-refractivity contribution is -0.135. The molecule has 2 atom stereocenters. The second kappa shape index (κ2) is 7.06. The molecule has 0 heterocycles. The van der Waals surface area contributed by atoms with Crippen molar-refractivity contribution in [3.05, 3.63) is 0 Å². The fourth-order valence-electron chi connectivity index (χ4n) is 1.19. The lowest BCUT2D eigenvalue weighted by atomic mass is 10.1. The van der Waals surface area contributed by atoms with E-state index in [0.29, 0.717) is 19.4 Å². The molecule has 15 heavy (non-hydrogen) atoms. The molecule has 92 valence electrons. The van der Waals surface area contributed by atoms with Gasteiger partial charge in [0.1, 0.15) is 0 Å². The highest BCUT2D eigenvalue weighted by molar-refractivity contribution is 4.65. The monoisotopic (exact) mass is 227 g/mol. The quantitative estimate of drug-likeness (QED) is 0.700. The van der Waals surface area contributed by atoms with E-state index in [4.69, 9.17) is 0 Å². The molecule has 0 aliphatic carbocycles. The van der Waals surface area contributed by atoms with Crippen LogP contribution < -0.4 is 5.32 Å². The van der Waals surface area contributed by atoms with Crippen molar-refractivity contribution in [1.82, 2.24) is 5.32 Å². The van der Waals surface area contributed by atoms with E-state index in [-0.39, 0.29) is 12.5 Å². The summed E-state index contributed by atoms with van der Waals surface area (Å²) in [4.78, 5) is 0. The van der Waals surface area contributed by atoms with E-state index in [1.54, 1.807) is 0 Å². The van der Waals surface area contributed by atoms with Gasteiger partial charge in [-0.15, -0.1) is 0 Å². The molecule has 0 radical (unpaired) electrons. The first-order valence-electron chi connectivity index (χ1n) is 5.33. The van der Waals surface area contributed by atoms with Crippen LogP contribution in [0.5, 0.6) is 0 Å². The van der Waals surface area contributed by atoms with Crippen LogP contribution >= 0.6 is 0 Å². The summed E-state index contributed by atoms with van der Waals surface area (Å²) in [7, 11) is 0. The third kappa shape index (κ3) is 10.0. The SMILES string of the molecule is CCC(O)CNC(C)CCCC(F)(F)F. The van der Waals surface area contributed by atoms with Crippen molar-refractivity contribution in [2.75, 3.05) is 6.54 Å². The number of rotatable bonds is 7. The predicted molar refractivity (Wildman–Crippen MR) is 53.7 cm³/mol. The van der Waals surface area contributed by atoms with E-state index in [9.17, 15) is 18.3 Å². The van der Waals surface area contributed by atoms with Gasteiger partial charge in [0.05, 0.1) is 6.10 Å². The zero-order chi connectivity index (χ0) is 11.9. The Kier molecular flexibility index (Phi) is 6.92. The Morgan fingerprint density at radius 2 is 1.93 bits per heavy atom. The largest absolute Gasteiger partial charge is 0.392 e. The van der Waals surface area contributed by atoms with Crippen molar-refractivity contribution in [1.29, 1.82) is 0 Å². The van der Waals surface area contributed by atoms with E-state index in [2.05, 4.69) is 5.32 Å². The van der Waals surface area contributed by atoms with Gasteiger partial charge in [-0.2, -0.15) is 13.2 Å². The molecule has 0 rings (SSSR count). The Morgan fingerprint density at radius 3 is 2.40 bits per heavy atom. The molecule has 0 saturated heterocycles. The highest BCUT2D eigenvalue weighted by atomic mass is 19.4. The molecule has 0 fully saturated rings. The van der Waals surface area contributed by atoms with Gasteiger partial charge in [-0.3, -0.25) is 0 Å². The Morgan fingerprint density at radius 1 is 1.33 bits per heavy atom. The lowest BCUT2D eigenvalue weighted by Crippen LogP contribution is -2.33. The van der Waals surface area contributed by atoms with Gasteiger partial charge in [0, 0.05) is 19.0 Å². The second-order valence-electron chi connectivity index (χ2n) is 3.88. The number of hydrogen-bond donors (Lipinski definition) is 2. The molecule has 0 aromatic carbocycles. The van der Waals surface area contributed by atoms with Crippen LogP contribution in [0.15, 0.2) is 0 Å². The van der Waals surface area contributed by atoms with E-state index < -0.39 is 18.7 Å². The van der Waals surface area contributed by atoms with Gasteiger partial charge in [0.2, 0.25) is 0 Å². The Balaban J connectivity index is 3.45. The minimum absolute atomic E-state index is 0.0218. The number of aliphatic hydroxyl groups is 1. The van der Waals surface area contributed by atoms with Gasteiger partial charge in [0.25, 0.3) is 0 Å². The zero-order valence-electron chi connectivity index (χ0n) is 9.27. The number of aliphatic hydroxyl groups excluding tert-OH is 1. The van der Waals surface area contributed by atoms with Crippen LogP contribution in [0.25, 0.3) is 0 Å². The molecule has 0 aromatic heterocycles. The topological polar surface area (TPSA) is 32.3 Å². The minimum atomic E-state index is -4.05. The van der Waals surface area contributed by atoms with Crippen LogP contribution in [0.2, 0.25) is 0 Å². The van der Waals surface area contributed by atoms with E-state index in [1.807, 2.05) is 13.8 Å². The highest BCUT2D eigenvalue weighted by Crippen LogP contribution is 2.22. The van der Waals surface area contributed by atoms with Gasteiger partial charge in [-0.05, 0) is 26.2 Å². The first-order chi connectivity index (χ1) is 6.85. The van der Waals surface area contributed by atoms with E-state index in [1.165, 1.54) is 0 Å². The summed E-state index contributed by atoms with van der Waals surface area (Å²) >= 11 is 0. The van der Waals surface area contributed by atoms with Gasteiger partial charge < -0.3 is 10.4 Å². The lowest BCUT2D eigenvalue weighted by Gasteiger charge is -2.16. The molecule has 0 amide bonds. The van der Waals surface area contributed by atoms with Crippen LogP contribution in [0, 0.1) is 0 Å². The van der Waals surface area contributed by atoms with Crippen molar-refractivity contribution in [3.63, 3.8) is 0 Å². The van der Waals surface area contributed by atoms with Gasteiger partial charge in [-0.25, -0.2) is 0 Å². The summed E-state index contributed by atoms with van der Waals surface area (Å²) in [5, 5.41) is 12.2. The maximum Gasteiger partial charge on any atom is 0.389 e. The molecule has 2 N–H and O–H groups in total. The minimum Gasteiger partial charge on any atom is -0.392 e. The Hall–Kier alpha value is -0.290. The van der Waals surface area contributed by atoms with Gasteiger partial charge in [0.15, 0.2) is 0 Å². The first kappa shape index (κ1) is 14.7. The molecule has 0 aromatic rings. The molecular weight excluding hydrogens is 207 g/mol. The molecule has 0 saturated carbocycles. The maximum atomic E-state index is 11.8. The summed E-state index contributed by atoms with van der Waals surface area (Å²) in [5.41, 5.74) is 0. The van der Waals surface area contributed by atoms with Gasteiger partial charge >= 0.3 is 6.18 Å². The smallest absolute Gasteiger partial charge is 0.389 e. The normalized spacial score (nSPS) is 16.4. The van der Waals surface area contributed by atoms with Crippen LogP contribution in [-0.4, -0.2) is 30.0 Å². The number of halogens is 3. The number of alkyl halides is 3. The van der Waals surface area contributed by atoms with E-state index >= 15 is 0 Å². The summed E-state index contributed by atoms with van der Waals surface area (Å²) < 4.78 is 35.4. The summed E-state index contributed by atoms with van der Waals surface area (Å²) in [5.74, 6) is 0. The number of hydrogen-bond acceptors (Lipinski definition) is 2. The molecule has 0 aliphatic rings. The van der Waals surface area contributed by atoms with Gasteiger partial charge in [-0.1, -0.05) is 6.92 Å². The van der Waals surface area contributed by atoms with Crippen LogP contribution in [0.3, 0.4) is 0 Å². The van der Waals surface area contributed by atoms with Crippen molar-refractivity contribution >= 4 is 0 Å². The summed E-state index contributed by atoms with van der Waals surface area (Å²) in [6.07, 6.45) is -3.91. The molecule has 0 spiro atoms. The van der Waals surface area contributed by atoms with Crippen molar-refractivity contribution in [2.45, 2.75) is 57.9 Å². The molecule has 2 nitrogen and oxygen atoms in total. The number of nitrogens with one attached hydrogen (secondary N) is 1. The molecule has 0 aliphatic heterocycles. The van der Waals surface area contributed by atoms with E-state index in [0.717, 1.165) is 0 Å². The van der Waals surface area contributed by atoms with Crippen molar-refractivity contribution < 1.29 is 18.3 Å². The fourth-order valence-corrected chi connectivity index (χ4v) is 1.19. The second-order valence-corrected chi connectivity index (χ2v) is 3.88. The zero-order valence-corrected chi connectivity index (χ0v) is 9.27. The van der Waals surface area contributed by atoms with Crippen LogP contribution in [-0.2, 0) is 0 Å². The Bertz CT molecular complexity index is 161. The molecule has 0 bridgehead atoms. The Labute approximate surface area is 88.9 Å². The third-order valence-electron chi connectivity index (χ3n) is 2.27. The average Bonchev–Trinajstić information content (AvgIpc) is 2.12. The first-order valence-corrected chi connectivity index (χ1v) is 5.33. The fraction of sp³-hybridized carbons (Fsp3) is 1.00. The van der Waals surface area contributed by atoms with Crippen molar-refractivity contribution in [2.24, 2.45) is 0 Å². The van der Waals surface area contributed by atoms with Crippen LogP contribution in [0.4, 0.5) is 13.2 Å².